The highest BCUT2D eigenvalue weighted by Crippen LogP contribution is 2.37. The van der Waals surface area contributed by atoms with E-state index in [1.54, 1.807) is 0 Å². The van der Waals surface area contributed by atoms with E-state index in [4.69, 9.17) is 9.47 Å². The third-order valence-corrected chi connectivity index (χ3v) is 7.32. The molecule has 1 saturated heterocycles. The van der Waals surface area contributed by atoms with Gasteiger partial charge < -0.3 is 14.4 Å². The van der Waals surface area contributed by atoms with E-state index < -0.39 is 6.10 Å². The number of carbonyl (C=O) groups is 1. The maximum absolute atomic E-state index is 13.2. The Kier molecular flexibility index (Phi) is 8.78. The molecule has 1 heterocycles. The van der Waals surface area contributed by atoms with Crippen molar-refractivity contribution in [2.75, 3.05) is 19.6 Å². The van der Waals surface area contributed by atoms with Gasteiger partial charge in [0.15, 0.2) is 0 Å². The number of benzene rings is 3. The van der Waals surface area contributed by atoms with Crippen LogP contribution in [0, 0.1) is 5.92 Å². The number of halogens is 1. The molecule has 0 bridgehead atoms. The molecule has 0 saturated carbocycles. The minimum atomic E-state index is -0.395. The Morgan fingerprint density at radius 3 is 2.24 bits per heavy atom. The van der Waals surface area contributed by atoms with Gasteiger partial charge in [0.2, 0.25) is 0 Å². The lowest BCUT2D eigenvalue weighted by molar-refractivity contribution is -0.156. The fourth-order valence-electron chi connectivity index (χ4n) is 4.39. The maximum atomic E-state index is 13.2. The summed E-state index contributed by atoms with van der Waals surface area (Å²) >= 11 is 3.75. The van der Waals surface area contributed by atoms with Gasteiger partial charge in [-0.2, -0.15) is 0 Å². The van der Waals surface area contributed by atoms with Crippen LogP contribution >= 0.6 is 15.9 Å². The monoisotopic (exact) mass is 521 g/mol. The van der Waals surface area contributed by atoms with Gasteiger partial charge in [-0.05, 0) is 65.6 Å². The van der Waals surface area contributed by atoms with Gasteiger partial charge in [0.25, 0.3) is 0 Å². The van der Waals surface area contributed by atoms with Gasteiger partial charge >= 0.3 is 5.97 Å². The van der Waals surface area contributed by atoms with E-state index >= 15 is 0 Å². The molecule has 0 amide bonds. The van der Waals surface area contributed by atoms with Crippen molar-refractivity contribution in [1.82, 2.24) is 4.90 Å². The molecular weight excluding hydrogens is 490 g/mol. The Morgan fingerprint density at radius 2 is 1.59 bits per heavy atom. The highest BCUT2D eigenvalue weighted by Gasteiger charge is 2.29. The van der Waals surface area contributed by atoms with Gasteiger partial charge in [-0.15, -0.1) is 0 Å². The number of ether oxygens (including phenoxy) is 2. The molecule has 0 radical (unpaired) electrons. The Hall–Kier alpha value is -2.63. The number of carbonyl (C=O) groups excluding carboxylic acids is 1. The van der Waals surface area contributed by atoms with Crippen LogP contribution in [0.1, 0.15) is 42.6 Å². The first kappa shape index (κ1) is 24.5. The first-order chi connectivity index (χ1) is 16.6. The first-order valence-corrected chi connectivity index (χ1v) is 12.8. The number of rotatable bonds is 9. The van der Waals surface area contributed by atoms with Crippen molar-refractivity contribution in [2.24, 2.45) is 5.92 Å². The zero-order valence-corrected chi connectivity index (χ0v) is 21.2. The van der Waals surface area contributed by atoms with Crippen LogP contribution in [0.2, 0.25) is 0 Å². The van der Waals surface area contributed by atoms with Crippen LogP contribution in [-0.4, -0.2) is 30.5 Å². The van der Waals surface area contributed by atoms with E-state index in [1.165, 1.54) is 0 Å². The van der Waals surface area contributed by atoms with Gasteiger partial charge in [0, 0.05) is 12.0 Å². The Bertz CT molecular complexity index is 1050. The zero-order valence-electron chi connectivity index (χ0n) is 19.7. The first-order valence-electron chi connectivity index (χ1n) is 12.1. The fraction of sp³-hybridized carbons (Fsp3) is 0.345. The Balaban J connectivity index is 1.53. The molecule has 3 aromatic carbocycles. The third-order valence-electron chi connectivity index (χ3n) is 6.47. The summed E-state index contributed by atoms with van der Waals surface area (Å²) in [5.74, 6) is 0.600. The minimum Gasteiger partial charge on any atom is -0.488 e. The number of piperidine rings is 1. The van der Waals surface area contributed by atoms with E-state index in [-0.39, 0.29) is 11.9 Å². The summed E-state index contributed by atoms with van der Waals surface area (Å²) in [4.78, 5) is 15.6. The van der Waals surface area contributed by atoms with Crippen molar-refractivity contribution in [3.05, 3.63) is 100 Å². The molecule has 1 aliphatic heterocycles. The van der Waals surface area contributed by atoms with E-state index in [2.05, 4.69) is 39.9 Å². The highest BCUT2D eigenvalue weighted by molar-refractivity contribution is 9.10. The maximum Gasteiger partial charge on any atom is 0.309 e. The topological polar surface area (TPSA) is 38.8 Å². The molecule has 4 rings (SSSR count). The molecule has 1 fully saturated rings. The van der Waals surface area contributed by atoms with Crippen molar-refractivity contribution in [2.45, 2.75) is 38.9 Å². The molecule has 178 valence electrons. The lowest BCUT2D eigenvalue weighted by atomic mass is 9.96. The van der Waals surface area contributed by atoms with Crippen molar-refractivity contribution in [3.63, 3.8) is 0 Å². The molecule has 5 heteroatoms. The van der Waals surface area contributed by atoms with Crippen LogP contribution in [0.3, 0.4) is 0 Å². The Morgan fingerprint density at radius 1 is 0.941 bits per heavy atom. The zero-order chi connectivity index (χ0) is 23.8. The predicted octanol–water partition coefficient (Wildman–Crippen LogP) is 6.59. The Labute approximate surface area is 211 Å². The smallest absolute Gasteiger partial charge is 0.309 e. The molecule has 0 N–H and O–H groups in total. The van der Waals surface area contributed by atoms with Gasteiger partial charge in [0.05, 0.1) is 10.4 Å². The lowest BCUT2D eigenvalue weighted by Gasteiger charge is -2.31. The van der Waals surface area contributed by atoms with Crippen LogP contribution in [0.15, 0.2) is 83.3 Å². The number of likely N-dealkylation sites (tertiary alicyclic amines) is 1. The molecular formula is C29H32BrNO3. The molecule has 1 unspecified atom stereocenters. The second-order valence-corrected chi connectivity index (χ2v) is 9.55. The highest BCUT2D eigenvalue weighted by atomic mass is 79.9. The van der Waals surface area contributed by atoms with E-state index in [0.29, 0.717) is 13.0 Å². The summed E-state index contributed by atoms with van der Waals surface area (Å²) < 4.78 is 13.2. The minimum absolute atomic E-state index is 0.0441. The summed E-state index contributed by atoms with van der Waals surface area (Å²) in [5, 5.41) is 0. The van der Waals surface area contributed by atoms with Crippen LogP contribution < -0.4 is 4.74 Å². The molecule has 4 nitrogen and oxygen atoms in total. The van der Waals surface area contributed by atoms with Gasteiger partial charge in [-0.25, -0.2) is 0 Å². The third kappa shape index (κ3) is 6.49. The largest absolute Gasteiger partial charge is 0.488 e. The molecule has 0 aliphatic carbocycles. The van der Waals surface area contributed by atoms with E-state index in [0.717, 1.165) is 59.4 Å². The van der Waals surface area contributed by atoms with Crippen molar-refractivity contribution in [1.29, 1.82) is 0 Å². The second kappa shape index (κ2) is 12.2. The normalized spacial score (nSPS) is 15.6. The SMILES string of the molecule is CCN1CCC(C(=O)OC(Cc2ccccc2)c2cccc(OCc3ccccc3)c2Br)CC1. The predicted molar refractivity (Wildman–Crippen MR) is 139 cm³/mol. The molecule has 0 spiro atoms. The standard InChI is InChI=1S/C29H32BrNO3/c1-2-31-18-16-24(17-19-31)29(32)34-27(20-22-10-5-3-6-11-22)25-14-9-15-26(28(25)30)33-21-23-12-7-4-8-13-23/h3-15,24,27H,2,16-21H2,1H3. The van der Waals surface area contributed by atoms with Crippen molar-refractivity contribution in [3.8, 4) is 5.75 Å². The molecule has 34 heavy (non-hydrogen) atoms. The van der Waals surface area contributed by atoms with Crippen molar-refractivity contribution >= 4 is 21.9 Å². The summed E-state index contributed by atoms with van der Waals surface area (Å²) in [6.45, 7) is 5.57. The average molecular weight is 522 g/mol. The van der Waals surface area contributed by atoms with Crippen LogP contribution in [0.25, 0.3) is 0 Å². The molecule has 0 aromatic heterocycles. The molecule has 1 aliphatic rings. The number of hydrogen-bond donors (Lipinski definition) is 0. The molecule has 3 aromatic rings. The summed E-state index contributed by atoms with van der Waals surface area (Å²) in [7, 11) is 0. The van der Waals surface area contributed by atoms with Crippen LogP contribution in [0.5, 0.6) is 5.75 Å². The summed E-state index contributed by atoms with van der Waals surface area (Å²) in [6, 6.07) is 26.2. The van der Waals surface area contributed by atoms with Crippen molar-refractivity contribution < 1.29 is 14.3 Å². The van der Waals surface area contributed by atoms with Crippen LogP contribution in [0.4, 0.5) is 0 Å². The molecule has 1 atom stereocenters. The van der Waals surface area contributed by atoms with E-state index in [1.807, 2.05) is 66.7 Å². The number of hydrogen-bond acceptors (Lipinski definition) is 4. The summed E-state index contributed by atoms with van der Waals surface area (Å²) in [6.07, 6.45) is 1.92. The van der Waals surface area contributed by atoms with E-state index in [9.17, 15) is 4.79 Å². The summed E-state index contributed by atoms with van der Waals surface area (Å²) in [5.41, 5.74) is 3.16. The number of nitrogens with zero attached hydrogens (tertiary/aromatic N) is 1. The fourth-order valence-corrected chi connectivity index (χ4v) is 5.02. The number of esters is 1. The second-order valence-electron chi connectivity index (χ2n) is 8.76. The van der Waals surface area contributed by atoms with Gasteiger partial charge in [-0.3, -0.25) is 4.79 Å². The lowest BCUT2D eigenvalue weighted by Crippen LogP contribution is -2.37. The van der Waals surface area contributed by atoms with Gasteiger partial charge in [0.1, 0.15) is 18.5 Å². The van der Waals surface area contributed by atoms with Crippen LogP contribution in [-0.2, 0) is 22.6 Å². The average Bonchev–Trinajstić information content (AvgIpc) is 2.89. The quantitative estimate of drug-likeness (QED) is 0.298. The van der Waals surface area contributed by atoms with Gasteiger partial charge in [-0.1, -0.05) is 79.7 Å².